The monoisotopic (exact) mass is 322 g/mol. The molecule has 4 aliphatic carbocycles. The fraction of sp³-hybridized carbons (Fsp3) is 0.500. The van der Waals surface area contributed by atoms with Gasteiger partial charge in [0.15, 0.2) is 0 Å². The topological polar surface area (TPSA) is 49.4 Å². The van der Waals surface area contributed by atoms with Crippen LogP contribution >= 0.6 is 0 Å². The first-order valence-corrected chi connectivity index (χ1v) is 9.05. The first-order valence-electron chi connectivity index (χ1n) is 9.05. The van der Waals surface area contributed by atoms with Crippen molar-refractivity contribution in [3.05, 3.63) is 42.0 Å². The summed E-state index contributed by atoms with van der Waals surface area (Å²) in [6.07, 6.45) is 6.64. The van der Waals surface area contributed by atoms with E-state index in [4.69, 9.17) is 0 Å². The summed E-state index contributed by atoms with van der Waals surface area (Å²) in [5.41, 5.74) is 2.23. The van der Waals surface area contributed by atoms with Crippen LogP contribution in [0.25, 0.3) is 0 Å². The molecule has 0 radical (unpaired) electrons. The van der Waals surface area contributed by atoms with Crippen LogP contribution in [-0.4, -0.2) is 23.4 Å². The molecular weight excluding hydrogens is 300 g/mol. The van der Waals surface area contributed by atoms with E-state index in [0.29, 0.717) is 23.7 Å². The Morgan fingerprint density at radius 2 is 1.58 bits per heavy atom. The molecule has 0 aromatic heterocycles. The summed E-state index contributed by atoms with van der Waals surface area (Å²) >= 11 is 0. The van der Waals surface area contributed by atoms with Gasteiger partial charge >= 0.3 is 0 Å². The average Bonchev–Trinajstić information content (AvgIpc) is 3.39. The normalized spacial score (nSPS) is 38.3. The molecule has 1 aromatic rings. The van der Waals surface area contributed by atoms with Gasteiger partial charge in [-0.2, -0.15) is 0 Å². The van der Waals surface area contributed by atoms with Gasteiger partial charge in [0.2, 0.25) is 11.8 Å². The third-order valence-electron chi connectivity index (χ3n) is 6.56. The number of amides is 2. The van der Waals surface area contributed by atoms with Crippen LogP contribution in [0.4, 0.5) is 5.69 Å². The van der Waals surface area contributed by atoms with Gasteiger partial charge in [-0.05, 0) is 54.2 Å². The Kier molecular flexibility index (Phi) is 2.94. The molecule has 4 heteroatoms. The molecule has 2 amide bonds. The molecule has 24 heavy (non-hydrogen) atoms. The molecule has 1 saturated heterocycles. The summed E-state index contributed by atoms with van der Waals surface area (Å²) in [7, 11) is 0. The molecule has 4 nitrogen and oxygen atoms in total. The van der Waals surface area contributed by atoms with E-state index in [2.05, 4.69) is 36.5 Å². The van der Waals surface area contributed by atoms with Crippen LogP contribution in [-0.2, 0) is 16.0 Å². The van der Waals surface area contributed by atoms with Crippen LogP contribution in [0, 0.1) is 35.5 Å². The van der Waals surface area contributed by atoms with Crippen molar-refractivity contribution in [3.8, 4) is 0 Å². The second-order valence-electron chi connectivity index (χ2n) is 7.64. The van der Waals surface area contributed by atoms with Gasteiger partial charge in [0, 0.05) is 5.69 Å². The van der Waals surface area contributed by atoms with Crippen molar-refractivity contribution in [2.75, 3.05) is 12.0 Å². The largest absolute Gasteiger partial charge is 0.367 e. The predicted molar refractivity (Wildman–Crippen MR) is 90.9 cm³/mol. The number of benzene rings is 1. The summed E-state index contributed by atoms with van der Waals surface area (Å²) < 4.78 is 0. The Hall–Kier alpha value is -2.10. The van der Waals surface area contributed by atoms with Gasteiger partial charge in [-0.3, -0.25) is 14.5 Å². The lowest BCUT2D eigenvalue weighted by molar-refractivity contribution is -0.139. The highest BCUT2D eigenvalue weighted by atomic mass is 16.2. The van der Waals surface area contributed by atoms with Crippen molar-refractivity contribution in [1.29, 1.82) is 0 Å². The molecule has 6 rings (SSSR count). The van der Waals surface area contributed by atoms with Crippen LogP contribution in [0.5, 0.6) is 0 Å². The Bertz CT molecular complexity index is 703. The Labute approximate surface area is 141 Å². The Morgan fingerprint density at radius 1 is 1.00 bits per heavy atom. The maximum Gasteiger partial charge on any atom is 0.235 e. The Balaban J connectivity index is 1.33. The number of nitrogens with one attached hydrogen (secondary N) is 1. The second kappa shape index (κ2) is 4.95. The number of likely N-dealkylation sites (tertiary alicyclic amines) is 1. The summed E-state index contributed by atoms with van der Waals surface area (Å²) in [6, 6.07) is 8.18. The number of nitrogens with zero attached hydrogens (tertiary/aromatic N) is 1. The molecule has 5 aliphatic rings. The molecular formula is C20H22N2O2. The van der Waals surface area contributed by atoms with E-state index < -0.39 is 0 Å². The summed E-state index contributed by atoms with van der Waals surface area (Å²) in [6.45, 7) is 2.41. The van der Waals surface area contributed by atoms with Crippen LogP contribution < -0.4 is 5.32 Å². The van der Waals surface area contributed by atoms with E-state index in [0.717, 1.165) is 12.1 Å². The zero-order valence-corrected chi connectivity index (χ0v) is 13.8. The smallest absolute Gasteiger partial charge is 0.235 e. The van der Waals surface area contributed by atoms with E-state index >= 15 is 0 Å². The predicted octanol–water partition coefficient (Wildman–Crippen LogP) is 2.67. The molecule has 124 valence electrons. The number of allylic oxidation sites excluding steroid dienone is 2. The number of carbonyl (C=O) groups excluding carboxylic acids is 2. The van der Waals surface area contributed by atoms with E-state index in [-0.39, 0.29) is 30.3 Å². The molecule has 0 spiro atoms. The van der Waals surface area contributed by atoms with Crippen LogP contribution in [0.15, 0.2) is 36.4 Å². The third kappa shape index (κ3) is 1.86. The summed E-state index contributed by atoms with van der Waals surface area (Å²) in [4.78, 5) is 27.2. The van der Waals surface area contributed by atoms with Gasteiger partial charge in [0.05, 0.1) is 18.5 Å². The summed E-state index contributed by atoms with van der Waals surface area (Å²) in [5.74, 6) is 1.80. The van der Waals surface area contributed by atoms with Gasteiger partial charge in [-0.1, -0.05) is 31.2 Å². The molecule has 0 unspecified atom stereocenters. The number of imide groups is 1. The second-order valence-corrected chi connectivity index (χ2v) is 7.64. The van der Waals surface area contributed by atoms with Crippen molar-refractivity contribution < 1.29 is 9.59 Å². The number of aryl methyl sites for hydroxylation is 1. The van der Waals surface area contributed by atoms with Gasteiger partial charge in [-0.25, -0.2) is 0 Å². The zero-order chi connectivity index (χ0) is 16.4. The third-order valence-corrected chi connectivity index (χ3v) is 6.56. The average molecular weight is 322 g/mol. The SMILES string of the molecule is CCc1ccc(NCN2C(=O)[C@@H]3[C@H]4C=C[C@@H]([C@@H]5C[C@H]45)[C@H]3C2=O)cc1. The standard InChI is InChI=1S/C20H22N2O2/c1-2-11-3-5-12(6-4-11)21-10-22-19(23)17-13-7-8-14(16-9-15(13)16)18(17)20(22)24/h3-8,13-18,21H,2,9-10H2,1H3/t13-,14-,15-,16+,17+,18+/m0/s1. The molecule has 2 bridgehead atoms. The first-order chi connectivity index (χ1) is 11.7. The van der Waals surface area contributed by atoms with E-state index in [1.807, 2.05) is 12.1 Å². The number of hydrogen-bond donors (Lipinski definition) is 1. The molecule has 1 aliphatic heterocycles. The Morgan fingerprint density at radius 3 is 2.12 bits per heavy atom. The minimum Gasteiger partial charge on any atom is -0.367 e. The van der Waals surface area contributed by atoms with Crippen molar-refractivity contribution >= 4 is 17.5 Å². The highest BCUT2D eigenvalue weighted by Gasteiger charge is 2.66. The van der Waals surface area contributed by atoms with Crippen molar-refractivity contribution in [1.82, 2.24) is 4.90 Å². The number of carbonyl (C=O) groups is 2. The van der Waals surface area contributed by atoms with Gasteiger partial charge in [-0.15, -0.1) is 0 Å². The molecule has 1 aromatic carbocycles. The maximum absolute atomic E-state index is 12.9. The summed E-state index contributed by atoms with van der Waals surface area (Å²) in [5, 5.41) is 3.24. The quantitative estimate of drug-likeness (QED) is 0.685. The molecule has 1 heterocycles. The van der Waals surface area contributed by atoms with Crippen molar-refractivity contribution in [3.63, 3.8) is 0 Å². The van der Waals surface area contributed by atoms with Gasteiger partial charge in [0.1, 0.15) is 0 Å². The lowest BCUT2D eigenvalue weighted by Crippen LogP contribution is -2.40. The van der Waals surface area contributed by atoms with Crippen LogP contribution in [0.1, 0.15) is 18.9 Å². The number of hydrogen-bond acceptors (Lipinski definition) is 3. The fourth-order valence-corrected chi connectivity index (χ4v) is 5.20. The van der Waals surface area contributed by atoms with Gasteiger partial charge < -0.3 is 5.32 Å². The minimum absolute atomic E-state index is 0.0346. The molecule has 6 atom stereocenters. The van der Waals surface area contributed by atoms with E-state index in [1.165, 1.54) is 16.9 Å². The fourth-order valence-electron chi connectivity index (χ4n) is 5.20. The highest BCUT2D eigenvalue weighted by Crippen LogP contribution is 2.65. The number of rotatable bonds is 4. The molecule has 3 fully saturated rings. The van der Waals surface area contributed by atoms with E-state index in [9.17, 15) is 9.59 Å². The number of anilines is 1. The first kappa shape index (κ1) is 14.3. The van der Waals surface area contributed by atoms with Gasteiger partial charge in [0.25, 0.3) is 0 Å². The van der Waals surface area contributed by atoms with Crippen LogP contribution in [0.2, 0.25) is 0 Å². The zero-order valence-electron chi connectivity index (χ0n) is 13.8. The highest BCUT2D eigenvalue weighted by molar-refractivity contribution is 6.06. The van der Waals surface area contributed by atoms with Crippen molar-refractivity contribution in [2.45, 2.75) is 19.8 Å². The maximum atomic E-state index is 12.9. The van der Waals surface area contributed by atoms with E-state index in [1.54, 1.807) is 0 Å². The van der Waals surface area contributed by atoms with Crippen molar-refractivity contribution in [2.24, 2.45) is 35.5 Å². The minimum atomic E-state index is -0.0967. The lowest BCUT2D eigenvalue weighted by Gasteiger charge is -2.37. The van der Waals surface area contributed by atoms with Crippen LogP contribution in [0.3, 0.4) is 0 Å². The lowest BCUT2D eigenvalue weighted by atomic mass is 9.63. The molecule has 2 saturated carbocycles. The molecule has 1 N–H and O–H groups in total.